The molecule has 1 rings (SSSR count). The predicted molar refractivity (Wildman–Crippen MR) is 142 cm³/mol. The number of benzene rings is 1. The largest absolute Gasteiger partial charge is 0.504 e. The van der Waals surface area contributed by atoms with E-state index < -0.39 is 0 Å². The number of unbranched alkanes of at least 4 members (excludes halogenated alkanes) is 8. The maximum Gasteiger partial charge on any atom is 0.305 e. The van der Waals surface area contributed by atoms with Crippen LogP contribution >= 0.6 is 0 Å². The Kier molecular flexibility index (Phi) is 16.9. The minimum absolute atomic E-state index is 0.0756. The van der Waals surface area contributed by atoms with Crippen LogP contribution in [-0.2, 0) is 14.3 Å². The first kappa shape index (κ1) is 30.3. The molecule has 1 aromatic carbocycles. The Morgan fingerprint density at radius 3 is 2.49 bits per heavy atom. The molecule has 0 aliphatic heterocycles. The number of nitrogens with one attached hydrogen (secondary N) is 1. The van der Waals surface area contributed by atoms with E-state index in [1.165, 1.54) is 39.6 Å². The highest BCUT2D eigenvalue weighted by Gasteiger charge is 2.09. The second kappa shape index (κ2) is 19.5. The number of carbonyl (C=O) groups excluding carboxylic acids is 2. The maximum atomic E-state index is 12.5. The Hall–Kier alpha value is -2.76. The van der Waals surface area contributed by atoms with Crippen molar-refractivity contribution < 1.29 is 24.2 Å². The van der Waals surface area contributed by atoms with Gasteiger partial charge in [0.25, 0.3) is 0 Å². The molecule has 0 spiro atoms. The second-order valence-corrected chi connectivity index (χ2v) is 8.91. The third kappa shape index (κ3) is 15.0. The van der Waals surface area contributed by atoms with Crippen LogP contribution in [0.5, 0.6) is 11.5 Å². The number of amides is 1. The van der Waals surface area contributed by atoms with Crippen molar-refractivity contribution in [1.82, 2.24) is 5.32 Å². The number of rotatable bonds is 19. The van der Waals surface area contributed by atoms with Crippen LogP contribution < -0.4 is 10.1 Å². The molecular weight excluding hydrogens is 442 g/mol. The number of carbonyl (C=O) groups is 2. The molecule has 2 N–H and O–H groups in total. The zero-order valence-electron chi connectivity index (χ0n) is 21.9. The van der Waals surface area contributed by atoms with E-state index in [1.807, 2.05) is 0 Å². The Morgan fingerprint density at radius 2 is 1.74 bits per heavy atom. The van der Waals surface area contributed by atoms with Crippen molar-refractivity contribution in [3.8, 4) is 11.5 Å². The normalized spacial score (nSPS) is 12.2. The molecule has 1 unspecified atom stereocenters. The van der Waals surface area contributed by atoms with Crippen LogP contribution in [0.25, 0.3) is 6.08 Å². The summed E-state index contributed by atoms with van der Waals surface area (Å²) in [6.07, 6.45) is 21.1. The number of ether oxygens (including phenoxy) is 2. The lowest BCUT2D eigenvalue weighted by atomic mass is 10.0. The average molecular weight is 488 g/mol. The minimum Gasteiger partial charge on any atom is -0.504 e. The number of phenols is 1. The van der Waals surface area contributed by atoms with Gasteiger partial charge < -0.3 is 19.9 Å². The highest BCUT2D eigenvalue weighted by molar-refractivity contribution is 5.92. The van der Waals surface area contributed by atoms with Crippen LogP contribution in [0.3, 0.4) is 0 Å². The van der Waals surface area contributed by atoms with Crippen LogP contribution in [0.4, 0.5) is 0 Å². The third-order valence-electron chi connectivity index (χ3n) is 5.95. The maximum absolute atomic E-state index is 12.5. The molecule has 1 aromatic rings. The first-order valence-electron chi connectivity index (χ1n) is 13.1. The third-order valence-corrected chi connectivity index (χ3v) is 5.95. The lowest BCUT2D eigenvalue weighted by molar-refractivity contribution is -0.140. The van der Waals surface area contributed by atoms with Crippen LogP contribution in [0.2, 0.25) is 0 Å². The molecule has 0 fully saturated rings. The van der Waals surface area contributed by atoms with Crippen LogP contribution in [0, 0.1) is 0 Å². The number of hydrogen-bond acceptors (Lipinski definition) is 5. The summed E-state index contributed by atoms with van der Waals surface area (Å²) in [6.45, 7) is 2.20. The van der Waals surface area contributed by atoms with Gasteiger partial charge in [-0.3, -0.25) is 9.59 Å². The fraction of sp³-hybridized carbons (Fsp3) is 0.586. The van der Waals surface area contributed by atoms with E-state index in [2.05, 4.69) is 29.1 Å². The van der Waals surface area contributed by atoms with Gasteiger partial charge in [0.2, 0.25) is 5.91 Å². The first-order chi connectivity index (χ1) is 17.0. The van der Waals surface area contributed by atoms with Crippen molar-refractivity contribution >= 4 is 18.0 Å². The number of aromatic hydroxyl groups is 1. The Balaban J connectivity index is 2.42. The topological polar surface area (TPSA) is 84.9 Å². The second-order valence-electron chi connectivity index (χ2n) is 8.91. The molecule has 1 atom stereocenters. The summed E-state index contributed by atoms with van der Waals surface area (Å²) in [7, 11) is 2.93. The Bertz CT molecular complexity index is 787. The van der Waals surface area contributed by atoms with E-state index in [1.54, 1.807) is 24.3 Å². The van der Waals surface area contributed by atoms with Crippen LogP contribution in [0.1, 0.15) is 96.0 Å². The van der Waals surface area contributed by atoms with E-state index in [0.29, 0.717) is 12.2 Å². The average Bonchev–Trinajstić information content (AvgIpc) is 2.86. The van der Waals surface area contributed by atoms with Crippen molar-refractivity contribution in [2.45, 2.75) is 96.4 Å². The highest BCUT2D eigenvalue weighted by atomic mass is 16.5. The summed E-state index contributed by atoms with van der Waals surface area (Å²) in [5.41, 5.74) is 0.791. The first-order valence-corrected chi connectivity index (χ1v) is 13.1. The SMILES string of the molecule is CCCCCCC(C/C=C\CCCCCCCC(=O)OC)NC(=O)/C=C/c1ccc(O)c(OC)c1. The van der Waals surface area contributed by atoms with Gasteiger partial charge in [-0.1, -0.05) is 70.1 Å². The van der Waals surface area contributed by atoms with E-state index in [9.17, 15) is 14.7 Å². The zero-order chi connectivity index (χ0) is 25.7. The fourth-order valence-electron chi connectivity index (χ4n) is 3.83. The monoisotopic (exact) mass is 487 g/mol. The van der Waals surface area contributed by atoms with E-state index in [4.69, 9.17) is 4.74 Å². The van der Waals surface area contributed by atoms with E-state index in [-0.39, 0.29) is 23.7 Å². The number of allylic oxidation sites excluding steroid dienone is 1. The zero-order valence-corrected chi connectivity index (χ0v) is 21.9. The standard InChI is InChI=1S/C29H45NO5/c1-4-5-6-13-16-25(17-14-11-9-7-8-10-12-15-18-29(33)35-3)30-28(32)22-20-24-19-21-26(31)27(23-24)34-2/h11,14,19-23,25,31H,4-10,12-13,15-18H2,1-3H3,(H,30,32)/b14-11-,22-20+. The van der Waals surface area contributed by atoms with Gasteiger partial charge in [-0.25, -0.2) is 0 Å². The highest BCUT2D eigenvalue weighted by Crippen LogP contribution is 2.26. The molecular formula is C29H45NO5. The molecule has 35 heavy (non-hydrogen) atoms. The molecule has 1 amide bonds. The number of hydrogen-bond donors (Lipinski definition) is 2. The van der Waals surface area contributed by atoms with Gasteiger partial charge in [0.1, 0.15) is 0 Å². The van der Waals surface area contributed by atoms with Gasteiger partial charge in [-0.2, -0.15) is 0 Å². The van der Waals surface area contributed by atoms with Gasteiger partial charge >= 0.3 is 5.97 Å². The Morgan fingerprint density at radius 1 is 1.00 bits per heavy atom. The molecule has 0 aromatic heterocycles. The molecule has 6 heteroatoms. The van der Waals surface area contributed by atoms with Crippen molar-refractivity contribution in [1.29, 1.82) is 0 Å². The van der Waals surface area contributed by atoms with Crippen LogP contribution in [0.15, 0.2) is 36.4 Å². The summed E-state index contributed by atoms with van der Waals surface area (Å²) >= 11 is 0. The van der Waals surface area contributed by atoms with Crippen LogP contribution in [-0.4, -0.2) is 37.2 Å². The molecule has 0 saturated carbocycles. The number of methoxy groups -OCH3 is 2. The summed E-state index contributed by atoms with van der Waals surface area (Å²) in [4.78, 5) is 23.6. The lowest BCUT2D eigenvalue weighted by Crippen LogP contribution is -2.33. The lowest BCUT2D eigenvalue weighted by Gasteiger charge is -2.16. The van der Waals surface area contributed by atoms with Gasteiger partial charge in [0.05, 0.1) is 14.2 Å². The summed E-state index contributed by atoms with van der Waals surface area (Å²) in [6, 6.07) is 5.11. The predicted octanol–water partition coefficient (Wildman–Crippen LogP) is 6.72. The fourth-order valence-corrected chi connectivity index (χ4v) is 3.83. The van der Waals surface area contributed by atoms with Crippen molar-refractivity contribution in [3.05, 3.63) is 42.0 Å². The number of phenolic OH excluding ortho intramolecular Hbond substituents is 1. The summed E-state index contributed by atoms with van der Waals surface area (Å²) in [5, 5.41) is 12.9. The molecule has 196 valence electrons. The quantitative estimate of drug-likeness (QED) is 0.0979. The van der Waals surface area contributed by atoms with Gasteiger partial charge in [-0.15, -0.1) is 0 Å². The van der Waals surface area contributed by atoms with E-state index >= 15 is 0 Å². The van der Waals surface area contributed by atoms with Gasteiger partial charge in [-0.05, 0) is 55.9 Å². The van der Waals surface area contributed by atoms with E-state index in [0.717, 1.165) is 63.4 Å². The molecule has 0 aliphatic carbocycles. The molecule has 0 heterocycles. The summed E-state index contributed by atoms with van der Waals surface area (Å²) in [5.74, 6) is 0.220. The Labute approximate surface area is 211 Å². The van der Waals surface area contributed by atoms with Gasteiger partial charge in [0, 0.05) is 18.5 Å². The van der Waals surface area contributed by atoms with Crippen molar-refractivity contribution in [3.63, 3.8) is 0 Å². The molecule has 6 nitrogen and oxygen atoms in total. The molecule has 0 saturated heterocycles. The van der Waals surface area contributed by atoms with Crippen molar-refractivity contribution in [2.24, 2.45) is 0 Å². The van der Waals surface area contributed by atoms with Crippen molar-refractivity contribution in [2.75, 3.05) is 14.2 Å². The smallest absolute Gasteiger partial charge is 0.305 e. The summed E-state index contributed by atoms with van der Waals surface area (Å²) < 4.78 is 9.78. The molecule has 0 radical (unpaired) electrons. The molecule has 0 bridgehead atoms. The number of esters is 1. The van der Waals surface area contributed by atoms with Gasteiger partial charge in [0.15, 0.2) is 11.5 Å². The molecule has 0 aliphatic rings. The minimum atomic E-state index is -0.125.